The Labute approximate surface area is 165 Å². The van der Waals surface area contributed by atoms with Crippen LogP contribution in [-0.4, -0.2) is 41.6 Å². The van der Waals surface area contributed by atoms with Crippen LogP contribution in [-0.2, 0) is 6.54 Å². The quantitative estimate of drug-likeness (QED) is 0.688. The first kappa shape index (κ1) is 18.8. The van der Waals surface area contributed by atoms with Crippen LogP contribution in [0, 0.1) is 6.92 Å². The molecule has 2 heterocycles. The molecule has 5 heteroatoms. The number of nitrogens with zero attached hydrogens (tertiary/aromatic N) is 2. The van der Waals surface area contributed by atoms with Crippen LogP contribution in [0.1, 0.15) is 35.4 Å². The van der Waals surface area contributed by atoms with Crippen LogP contribution in [0.25, 0.3) is 10.8 Å². The molecule has 0 radical (unpaired) electrons. The van der Waals surface area contributed by atoms with Crippen molar-refractivity contribution in [3.8, 4) is 11.6 Å². The number of rotatable bonds is 5. The van der Waals surface area contributed by atoms with Gasteiger partial charge in [0.15, 0.2) is 5.88 Å². The van der Waals surface area contributed by atoms with E-state index in [9.17, 15) is 9.50 Å². The molecule has 1 aliphatic rings. The maximum absolute atomic E-state index is 12.3. The molecule has 2 aromatic carbocycles. The molecule has 1 saturated heterocycles. The molecule has 148 valence electrons. The Bertz CT molecular complexity index is 957. The van der Waals surface area contributed by atoms with E-state index in [1.165, 1.54) is 18.4 Å². The van der Waals surface area contributed by atoms with E-state index < -0.39 is 6.86 Å². The molecule has 28 heavy (non-hydrogen) atoms. The lowest BCUT2D eigenvalue weighted by Gasteiger charge is -2.29. The highest BCUT2D eigenvalue weighted by Gasteiger charge is 2.20. The molecule has 0 unspecified atom stereocenters. The summed E-state index contributed by atoms with van der Waals surface area (Å²) in [4.78, 5) is 2.38. The van der Waals surface area contributed by atoms with E-state index in [0.29, 0.717) is 24.1 Å². The van der Waals surface area contributed by atoms with Gasteiger partial charge in [-0.2, -0.15) is 0 Å². The van der Waals surface area contributed by atoms with Crippen molar-refractivity contribution in [2.24, 2.45) is 0 Å². The van der Waals surface area contributed by atoms with Crippen molar-refractivity contribution < 1.29 is 14.2 Å². The van der Waals surface area contributed by atoms with Crippen molar-refractivity contribution >= 4 is 10.8 Å². The largest absolute Gasteiger partial charge is 0.494 e. The van der Waals surface area contributed by atoms with Gasteiger partial charge in [-0.1, -0.05) is 18.2 Å². The molecule has 0 amide bonds. The predicted octanol–water partition coefficient (Wildman–Crippen LogP) is 4.82. The summed E-state index contributed by atoms with van der Waals surface area (Å²) in [6.07, 6.45) is 4.39. The summed E-state index contributed by atoms with van der Waals surface area (Å²) in [7, 11) is 2.18. The fourth-order valence-electron chi connectivity index (χ4n) is 4.27. The highest BCUT2D eigenvalue weighted by molar-refractivity contribution is 5.91. The first-order valence-electron chi connectivity index (χ1n) is 9.83. The molecule has 0 saturated carbocycles. The van der Waals surface area contributed by atoms with Crippen LogP contribution in [0.3, 0.4) is 0 Å². The van der Waals surface area contributed by atoms with Crippen LogP contribution in [0.4, 0.5) is 4.39 Å². The maximum Gasteiger partial charge on any atom is 0.228 e. The number of aromatic hydroxyl groups is 1. The minimum Gasteiger partial charge on any atom is -0.494 e. The van der Waals surface area contributed by atoms with Gasteiger partial charge in [-0.3, -0.25) is 0 Å². The van der Waals surface area contributed by atoms with Gasteiger partial charge in [-0.05, 0) is 80.7 Å². The molecular weight excluding hydrogens is 355 g/mol. The molecule has 1 N–H and O–H groups in total. The monoisotopic (exact) mass is 382 g/mol. The van der Waals surface area contributed by atoms with E-state index in [0.717, 1.165) is 35.0 Å². The van der Waals surface area contributed by atoms with Crippen LogP contribution < -0.4 is 4.74 Å². The zero-order chi connectivity index (χ0) is 19.7. The number of ether oxygens (including phenoxy) is 1. The molecule has 1 aromatic heterocycles. The lowest BCUT2D eigenvalue weighted by atomic mass is 9.88. The molecule has 3 aromatic rings. The highest BCUT2D eigenvalue weighted by atomic mass is 19.1. The molecule has 1 fully saturated rings. The minimum atomic E-state index is -0.831. The molecule has 1 aliphatic heterocycles. The molecule has 0 atom stereocenters. The number of hydrogen-bond donors (Lipinski definition) is 1. The van der Waals surface area contributed by atoms with Crippen molar-refractivity contribution in [2.75, 3.05) is 27.0 Å². The van der Waals surface area contributed by atoms with Crippen LogP contribution in [0.2, 0.25) is 0 Å². The summed E-state index contributed by atoms with van der Waals surface area (Å²) in [6.45, 7) is 4.07. The second-order valence-corrected chi connectivity index (χ2v) is 7.86. The van der Waals surface area contributed by atoms with E-state index in [1.54, 1.807) is 12.1 Å². The Balaban J connectivity index is 1.61. The fraction of sp³-hybridized carbons (Fsp3) is 0.391. The second-order valence-electron chi connectivity index (χ2n) is 7.86. The Kier molecular flexibility index (Phi) is 5.27. The first-order chi connectivity index (χ1) is 13.5. The molecule has 0 aliphatic carbocycles. The highest BCUT2D eigenvalue weighted by Crippen LogP contribution is 2.36. The van der Waals surface area contributed by atoms with Crippen LogP contribution in [0.5, 0.6) is 11.6 Å². The summed E-state index contributed by atoms with van der Waals surface area (Å²) < 4.78 is 19.0. The van der Waals surface area contributed by atoms with Crippen molar-refractivity contribution in [2.45, 2.75) is 32.2 Å². The third-order valence-corrected chi connectivity index (χ3v) is 5.87. The normalized spacial score (nSPS) is 16.0. The smallest absolute Gasteiger partial charge is 0.228 e. The van der Waals surface area contributed by atoms with Gasteiger partial charge in [0.1, 0.15) is 5.75 Å². The topological polar surface area (TPSA) is 37.6 Å². The Morgan fingerprint density at radius 1 is 1.14 bits per heavy atom. The number of fused-ring (bicyclic) bond motifs is 1. The minimum absolute atomic E-state index is 0.298. The lowest BCUT2D eigenvalue weighted by molar-refractivity contribution is 0.191. The van der Waals surface area contributed by atoms with Gasteiger partial charge in [-0.25, -0.2) is 4.39 Å². The number of halogens is 1. The van der Waals surface area contributed by atoms with Gasteiger partial charge in [0.2, 0.25) is 6.86 Å². The molecule has 4 nitrogen and oxygen atoms in total. The van der Waals surface area contributed by atoms with Crippen molar-refractivity contribution in [3.63, 3.8) is 0 Å². The maximum atomic E-state index is 12.3. The summed E-state index contributed by atoms with van der Waals surface area (Å²) in [5.74, 6) is 1.39. The van der Waals surface area contributed by atoms with Crippen molar-refractivity contribution in [3.05, 3.63) is 59.3 Å². The zero-order valence-electron chi connectivity index (χ0n) is 16.5. The number of likely N-dealkylation sites (tertiary alicyclic amines) is 1. The first-order valence-corrected chi connectivity index (χ1v) is 9.83. The van der Waals surface area contributed by atoms with Gasteiger partial charge in [0.05, 0.1) is 6.54 Å². The van der Waals surface area contributed by atoms with Crippen LogP contribution >= 0.6 is 0 Å². The number of alkyl halides is 1. The van der Waals surface area contributed by atoms with E-state index >= 15 is 0 Å². The number of aromatic nitrogens is 1. The molecular formula is C23H27FN2O2. The third kappa shape index (κ3) is 3.72. The number of benzene rings is 2. The van der Waals surface area contributed by atoms with E-state index in [1.807, 2.05) is 22.9 Å². The summed E-state index contributed by atoms with van der Waals surface area (Å²) in [5.41, 5.74) is 3.52. The second kappa shape index (κ2) is 7.84. The van der Waals surface area contributed by atoms with Crippen LogP contribution in [0.15, 0.2) is 42.6 Å². The third-order valence-electron chi connectivity index (χ3n) is 5.87. The summed E-state index contributed by atoms with van der Waals surface area (Å²) >= 11 is 0. The average molecular weight is 382 g/mol. The zero-order valence-corrected chi connectivity index (χ0v) is 16.5. The van der Waals surface area contributed by atoms with Gasteiger partial charge in [0.25, 0.3) is 0 Å². The molecule has 0 spiro atoms. The Hall–Kier alpha value is -2.53. The molecule has 0 bridgehead atoms. The van der Waals surface area contributed by atoms with Gasteiger partial charge in [-0.15, -0.1) is 0 Å². The SMILES string of the molecule is Cc1cc(C2CCN(C)CC2)cc2cn(Cc3ccc(OCF)cc3)c(O)c12. The standard InChI is InChI=1S/C23H27FN2O2/c1-16-11-19(18-7-9-25(2)10-8-18)12-20-14-26(23(27)22(16)20)13-17-3-5-21(6-4-17)28-15-24/h3-6,11-12,14,18,27H,7-10,13,15H2,1-2H3. The summed E-state index contributed by atoms with van der Waals surface area (Å²) in [5, 5.41) is 12.8. The molecule has 4 rings (SSSR count). The van der Waals surface area contributed by atoms with E-state index in [2.05, 4.69) is 31.0 Å². The number of piperidine rings is 1. The fourth-order valence-corrected chi connectivity index (χ4v) is 4.27. The summed E-state index contributed by atoms with van der Waals surface area (Å²) in [6, 6.07) is 11.8. The Morgan fingerprint density at radius 2 is 1.86 bits per heavy atom. The van der Waals surface area contributed by atoms with Gasteiger partial charge in [0, 0.05) is 17.0 Å². The number of aryl methyl sites for hydroxylation is 1. The van der Waals surface area contributed by atoms with Gasteiger partial charge >= 0.3 is 0 Å². The van der Waals surface area contributed by atoms with E-state index in [4.69, 9.17) is 4.74 Å². The predicted molar refractivity (Wildman–Crippen MR) is 110 cm³/mol. The number of hydrogen-bond acceptors (Lipinski definition) is 3. The van der Waals surface area contributed by atoms with E-state index in [-0.39, 0.29) is 0 Å². The average Bonchev–Trinajstić information content (AvgIpc) is 3.00. The van der Waals surface area contributed by atoms with Crippen molar-refractivity contribution in [1.82, 2.24) is 9.47 Å². The van der Waals surface area contributed by atoms with Crippen molar-refractivity contribution in [1.29, 1.82) is 0 Å². The Morgan fingerprint density at radius 3 is 2.54 bits per heavy atom. The van der Waals surface area contributed by atoms with Gasteiger partial charge < -0.3 is 19.3 Å². The lowest BCUT2D eigenvalue weighted by Crippen LogP contribution is -2.29.